The summed E-state index contributed by atoms with van der Waals surface area (Å²) in [4.78, 5) is 0. The lowest BCUT2D eigenvalue weighted by atomic mass is 9.85. The van der Waals surface area contributed by atoms with Gasteiger partial charge in [0.25, 0.3) is 0 Å². The standard InChI is InChI=1S/C10H12S4/c11-3-7-1-8(4-12)10(6-14)9(2-7)5-13/h3-6,11-14H,1-2H2/b7-3?,8-4-,9-5+,10-6?. The highest BCUT2D eigenvalue weighted by molar-refractivity contribution is 7.84. The summed E-state index contributed by atoms with van der Waals surface area (Å²) in [5.41, 5.74) is 4.72. The average molecular weight is 260 g/mol. The monoisotopic (exact) mass is 260 g/mol. The van der Waals surface area contributed by atoms with Gasteiger partial charge in [-0.1, -0.05) is 5.57 Å². The molecule has 0 aromatic heterocycles. The number of allylic oxidation sites excluding steroid dienone is 4. The Labute approximate surface area is 107 Å². The Morgan fingerprint density at radius 1 is 0.714 bits per heavy atom. The van der Waals surface area contributed by atoms with E-state index in [-0.39, 0.29) is 0 Å². The lowest BCUT2D eigenvalue weighted by Gasteiger charge is -2.22. The second kappa shape index (κ2) is 6.05. The van der Waals surface area contributed by atoms with Crippen LogP contribution in [0.2, 0.25) is 0 Å². The lowest BCUT2D eigenvalue weighted by Crippen LogP contribution is -2.04. The van der Waals surface area contributed by atoms with Crippen LogP contribution < -0.4 is 0 Å². The first-order chi connectivity index (χ1) is 6.76. The molecule has 0 aliphatic heterocycles. The first kappa shape index (κ1) is 12.4. The quantitative estimate of drug-likeness (QED) is 0.464. The minimum Gasteiger partial charge on any atom is -0.151 e. The maximum Gasteiger partial charge on any atom is -0.00444 e. The topological polar surface area (TPSA) is 0 Å². The fourth-order valence-electron chi connectivity index (χ4n) is 1.44. The van der Waals surface area contributed by atoms with Crippen molar-refractivity contribution in [2.75, 3.05) is 0 Å². The van der Waals surface area contributed by atoms with Gasteiger partial charge in [0.2, 0.25) is 0 Å². The third kappa shape index (κ3) is 2.69. The van der Waals surface area contributed by atoms with Crippen molar-refractivity contribution < 1.29 is 0 Å². The molecule has 76 valence electrons. The second-order valence-corrected chi connectivity index (χ2v) is 4.03. The van der Waals surface area contributed by atoms with Crippen LogP contribution in [0.4, 0.5) is 0 Å². The van der Waals surface area contributed by atoms with E-state index in [9.17, 15) is 0 Å². The van der Waals surface area contributed by atoms with E-state index in [0.717, 1.165) is 29.6 Å². The molecule has 0 aromatic rings. The molecule has 0 saturated heterocycles. The normalized spacial score (nSPS) is 29.4. The molecule has 0 N–H and O–H groups in total. The molecule has 0 heterocycles. The highest BCUT2D eigenvalue weighted by Gasteiger charge is 2.18. The van der Waals surface area contributed by atoms with Crippen LogP contribution in [0.15, 0.2) is 43.9 Å². The van der Waals surface area contributed by atoms with E-state index in [4.69, 9.17) is 0 Å². The predicted molar refractivity (Wildman–Crippen MR) is 77.5 cm³/mol. The van der Waals surface area contributed by atoms with Gasteiger partial charge in [-0.2, -0.15) is 50.5 Å². The van der Waals surface area contributed by atoms with Crippen LogP contribution in [0.3, 0.4) is 0 Å². The Hall–Kier alpha value is 0.360. The maximum absolute atomic E-state index is 4.20. The summed E-state index contributed by atoms with van der Waals surface area (Å²) in [6, 6.07) is 0. The van der Waals surface area contributed by atoms with Gasteiger partial charge in [0.05, 0.1) is 0 Å². The largest absolute Gasteiger partial charge is 0.151 e. The second-order valence-electron chi connectivity index (χ2n) is 2.99. The molecule has 1 fully saturated rings. The van der Waals surface area contributed by atoms with E-state index in [2.05, 4.69) is 50.5 Å². The van der Waals surface area contributed by atoms with Crippen molar-refractivity contribution in [3.05, 3.63) is 43.9 Å². The first-order valence-corrected chi connectivity index (χ1v) is 6.17. The molecule has 4 heteroatoms. The van der Waals surface area contributed by atoms with Crippen molar-refractivity contribution in [1.29, 1.82) is 0 Å². The summed E-state index contributed by atoms with van der Waals surface area (Å²) < 4.78 is 0. The van der Waals surface area contributed by atoms with Crippen LogP contribution in [0, 0.1) is 0 Å². The Balaban J connectivity index is 3.11. The summed E-state index contributed by atoms with van der Waals surface area (Å²) in [6.07, 6.45) is 1.79. The number of thiol groups is 4. The predicted octanol–water partition coefficient (Wildman–Crippen LogP) is 4.04. The fourth-order valence-corrected chi connectivity index (χ4v) is 2.41. The summed E-state index contributed by atoms with van der Waals surface area (Å²) in [7, 11) is 0. The smallest absolute Gasteiger partial charge is 0.00444 e. The highest BCUT2D eigenvalue weighted by atomic mass is 32.1. The van der Waals surface area contributed by atoms with Crippen molar-refractivity contribution in [2.24, 2.45) is 0 Å². The molecule has 1 saturated carbocycles. The zero-order valence-corrected chi connectivity index (χ0v) is 11.1. The average Bonchev–Trinajstić information content (AvgIpc) is 2.26. The van der Waals surface area contributed by atoms with Gasteiger partial charge in [-0.05, 0) is 51.2 Å². The van der Waals surface area contributed by atoms with Gasteiger partial charge in [-0.25, -0.2) is 0 Å². The van der Waals surface area contributed by atoms with Crippen LogP contribution >= 0.6 is 50.5 Å². The van der Waals surface area contributed by atoms with E-state index in [1.54, 1.807) is 5.41 Å². The molecule has 0 nitrogen and oxygen atoms in total. The van der Waals surface area contributed by atoms with Gasteiger partial charge in [0.1, 0.15) is 0 Å². The molecule has 0 unspecified atom stereocenters. The van der Waals surface area contributed by atoms with E-state index in [1.165, 1.54) is 5.57 Å². The maximum atomic E-state index is 4.20. The molecule has 0 spiro atoms. The SMILES string of the molecule is SC=C1C/C(=C/S)C(=CS)/C(=C/S)C1. The van der Waals surface area contributed by atoms with Gasteiger partial charge in [0, 0.05) is 0 Å². The molecule has 0 atom stereocenters. The van der Waals surface area contributed by atoms with Crippen molar-refractivity contribution in [2.45, 2.75) is 12.8 Å². The third-order valence-corrected chi connectivity index (χ3v) is 3.40. The van der Waals surface area contributed by atoms with E-state index < -0.39 is 0 Å². The summed E-state index contributed by atoms with van der Waals surface area (Å²) in [5, 5.41) is 7.29. The Bertz CT molecular complexity index is 308. The molecule has 0 aromatic carbocycles. The molecule has 14 heavy (non-hydrogen) atoms. The van der Waals surface area contributed by atoms with Gasteiger partial charge >= 0.3 is 0 Å². The molecular formula is C10H12S4. The van der Waals surface area contributed by atoms with Crippen molar-refractivity contribution >= 4 is 50.5 Å². The van der Waals surface area contributed by atoms with E-state index in [1.807, 2.05) is 16.2 Å². The molecule has 0 bridgehead atoms. The highest BCUT2D eigenvalue weighted by Crippen LogP contribution is 2.37. The number of rotatable bonds is 0. The lowest BCUT2D eigenvalue weighted by molar-refractivity contribution is 0.971. The van der Waals surface area contributed by atoms with E-state index >= 15 is 0 Å². The molecular weight excluding hydrogens is 248 g/mol. The fraction of sp³-hybridized carbons (Fsp3) is 0.200. The number of hydrogen-bond donors (Lipinski definition) is 4. The molecule has 0 amide bonds. The Morgan fingerprint density at radius 3 is 1.50 bits per heavy atom. The Kier molecular flexibility index (Phi) is 5.38. The van der Waals surface area contributed by atoms with Gasteiger partial charge in [0.15, 0.2) is 0 Å². The van der Waals surface area contributed by atoms with Gasteiger partial charge < -0.3 is 0 Å². The van der Waals surface area contributed by atoms with Gasteiger partial charge in [-0.15, -0.1) is 0 Å². The zero-order valence-electron chi connectivity index (χ0n) is 7.51. The minimum atomic E-state index is 0.893. The third-order valence-electron chi connectivity index (χ3n) is 2.15. The molecule has 1 aliphatic rings. The molecule has 1 aliphatic carbocycles. The zero-order chi connectivity index (χ0) is 10.6. The van der Waals surface area contributed by atoms with Crippen LogP contribution in [-0.2, 0) is 0 Å². The van der Waals surface area contributed by atoms with Crippen LogP contribution in [0.5, 0.6) is 0 Å². The first-order valence-electron chi connectivity index (χ1n) is 4.10. The van der Waals surface area contributed by atoms with Crippen LogP contribution in [0.1, 0.15) is 12.8 Å². The van der Waals surface area contributed by atoms with Crippen LogP contribution in [0.25, 0.3) is 0 Å². The number of hydrogen-bond acceptors (Lipinski definition) is 4. The summed E-state index contributed by atoms with van der Waals surface area (Å²) >= 11 is 16.8. The molecule has 1 rings (SSSR count). The van der Waals surface area contributed by atoms with Gasteiger partial charge in [-0.3, -0.25) is 0 Å². The van der Waals surface area contributed by atoms with E-state index in [0.29, 0.717) is 0 Å². The summed E-state index contributed by atoms with van der Waals surface area (Å²) in [6.45, 7) is 0. The molecule has 0 radical (unpaired) electrons. The minimum absolute atomic E-state index is 0.893. The summed E-state index contributed by atoms with van der Waals surface area (Å²) in [5.74, 6) is 0. The van der Waals surface area contributed by atoms with Crippen molar-refractivity contribution in [1.82, 2.24) is 0 Å². The van der Waals surface area contributed by atoms with Crippen molar-refractivity contribution in [3.8, 4) is 0 Å². The van der Waals surface area contributed by atoms with Crippen LogP contribution in [-0.4, -0.2) is 0 Å². The Morgan fingerprint density at radius 2 is 1.21 bits per heavy atom. The van der Waals surface area contributed by atoms with Crippen molar-refractivity contribution in [3.63, 3.8) is 0 Å².